The topological polar surface area (TPSA) is 37.3 Å². The highest BCUT2D eigenvalue weighted by Gasteiger charge is 2.27. The minimum absolute atomic E-state index is 0.300. The maximum Gasteiger partial charge on any atom is 0.323 e. The molecule has 6 heteroatoms. The fourth-order valence-corrected chi connectivity index (χ4v) is 2.02. The molecule has 0 bridgehead atoms. The first-order chi connectivity index (χ1) is 6.93. The summed E-state index contributed by atoms with van der Waals surface area (Å²) < 4.78 is 0. The molecule has 1 rings (SSSR count). The lowest BCUT2D eigenvalue weighted by Crippen LogP contribution is -2.19. The van der Waals surface area contributed by atoms with Crippen LogP contribution in [0.5, 0.6) is 0 Å². The first-order valence-electron chi connectivity index (χ1n) is 3.89. The quantitative estimate of drug-likeness (QED) is 0.854. The van der Waals surface area contributed by atoms with Gasteiger partial charge in [-0.25, -0.2) is 0 Å². The van der Waals surface area contributed by atoms with Crippen LogP contribution in [-0.2, 0) is 4.79 Å². The molecule has 1 aromatic rings. The average molecular weight is 288 g/mol. The summed E-state index contributed by atoms with van der Waals surface area (Å²) in [4.78, 5) is 10.6. The van der Waals surface area contributed by atoms with E-state index in [-0.39, 0.29) is 0 Å². The van der Waals surface area contributed by atoms with Gasteiger partial charge in [0.05, 0.1) is 5.38 Å². The van der Waals surface area contributed by atoms with Crippen LogP contribution in [0.15, 0.2) is 18.2 Å². The van der Waals surface area contributed by atoms with Crippen molar-refractivity contribution in [1.82, 2.24) is 0 Å². The number of carbonyl (C=O) groups is 1. The number of carboxylic acids is 1. The van der Waals surface area contributed by atoms with Gasteiger partial charge in [-0.3, -0.25) is 4.79 Å². The summed E-state index contributed by atoms with van der Waals surface area (Å²) >= 11 is 23.0. The molecule has 0 aromatic heterocycles. The van der Waals surface area contributed by atoms with Crippen molar-refractivity contribution < 1.29 is 9.90 Å². The minimum atomic E-state index is -1.23. The van der Waals surface area contributed by atoms with Crippen molar-refractivity contribution in [2.45, 2.75) is 10.8 Å². The Hall–Kier alpha value is -0.150. The van der Waals surface area contributed by atoms with Crippen molar-refractivity contribution in [2.24, 2.45) is 0 Å². The van der Waals surface area contributed by atoms with E-state index in [0.717, 1.165) is 0 Å². The second-order valence-electron chi connectivity index (χ2n) is 2.81. The third-order valence-corrected chi connectivity index (χ3v) is 3.37. The Bertz CT molecular complexity index is 380. The van der Waals surface area contributed by atoms with Crippen LogP contribution in [0.4, 0.5) is 0 Å². The van der Waals surface area contributed by atoms with E-state index in [1.54, 1.807) is 12.1 Å². The van der Waals surface area contributed by atoms with Gasteiger partial charge in [0, 0.05) is 10.0 Å². The van der Waals surface area contributed by atoms with Gasteiger partial charge in [-0.1, -0.05) is 29.3 Å². The number of aliphatic carboxylic acids is 1. The molecule has 0 saturated carbocycles. The molecule has 2 atom stereocenters. The minimum Gasteiger partial charge on any atom is -0.480 e. The first-order valence-corrected chi connectivity index (χ1v) is 5.52. The Morgan fingerprint density at radius 1 is 1.27 bits per heavy atom. The molecule has 0 fully saturated rings. The molecule has 1 aromatic carbocycles. The number of hydrogen-bond acceptors (Lipinski definition) is 1. The molecule has 0 amide bonds. The molecule has 0 saturated heterocycles. The zero-order valence-corrected chi connectivity index (χ0v) is 10.3. The van der Waals surface area contributed by atoms with Gasteiger partial charge in [0.25, 0.3) is 0 Å². The number of alkyl halides is 2. The lowest BCUT2D eigenvalue weighted by atomic mass is 10.1. The molecule has 0 aliphatic rings. The zero-order chi connectivity index (χ0) is 11.6. The van der Waals surface area contributed by atoms with Crippen molar-refractivity contribution in [1.29, 1.82) is 0 Å². The van der Waals surface area contributed by atoms with Gasteiger partial charge in [0.15, 0.2) is 5.38 Å². The van der Waals surface area contributed by atoms with Crippen LogP contribution < -0.4 is 0 Å². The lowest BCUT2D eigenvalue weighted by Gasteiger charge is -2.14. The number of halogens is 4. The van der Waals surface area contributed by atoms with E-state index in [9.17, 15) is 4.79 Å². The van der Waals surface area contributed by atoms with E-state index in [2.05, 4.69) is 0 Å². The Balaban J connectivity index is 3.01. The largest absolute Gasteiger partial charge is 0.480 e. The van der Waals surface area contributed by atoms with Crippen LogP contribution in [0.2, 0.25) is 10.0 Å². The van der Waals surface area contributed by atoms with E-state index in [0.29, 0.717) is 15.6 Å². The Kier molecular flexibility index (Phi) is 4.53. The molecular formula is C9H6Cl4O2. The molecule has 1 N–H and O–H groups in total. The summed E-state index contributed by atoms with van der Waals surface area (Å²) in [6.07, 6.45) is 0. The molecule has 0 aliphatic carbocycles. The van der Waals surface area contributed by atoms with Crippen molar-refractivity contribution in [3.63, 3.8) is 0 Å². The van der Waals surface area contributed by atoms with E-state index < -0.39 is 16.7 Å². The molecule has 0 spiro atoms. The Labute approximate surface area is 107 Å². The molecule has 82 valence electrons. The smallest absolute Gasteiger partial charge is 0.323 e. The second kappa shape index (κ2) is 5.26. The number of hydrogen-bond donors (Lipinski definition) is 1. The molecule has 0 radical (unpaired) electrons. The highest BCUT2D eigenvalue weighted by molar-refractivity contribution is 6.39. The van der Waals surface area contributed by atoms with Crippen molar-refractivity contribution in [2.75, 3.05) is 0 Å². The summed E-state index contributed by atoms with van der Waals surface area (Å²) in [5.41, 5.74) is 0.449. The van der Waals surface area contributed by atoms with Crippen LogP contribution >= 0.6 is 46.4 Å². The van der Waals surface area contributed by atoms with Gasteiger partial charge in [-0.15, -0.1) is 23.2 Å². The van der Waals surface area contributed by atoms with Gasteiger partial charge in [-0.05, 0) is 17.7 Å². The van der Waals surface area contributed by atoms with Crippen LogP contribution in [0, 0.1) is 0 Å². The molecular weight excluding hydrogens is 282 g/mol. The summed E-state index contributed by atoms with van der Waals surface area (Å²) in [5, 5.41) is 7.30. The van der Waals surface area contributed by atoms with Crippen LogP contribution in [0.25, 0.3) is 0 Å². The number of benzene rings is 1. The van der Waals surface area contributed by atoms with Crippen LogP contribution in [-0.4, -0.2) is 16.5 Å². The number of rotatable bonds is 3. The van der Waals surface area contributed by atoms with Crippen LogP contribution in [0.1, 0.15) is 10.9 Å². The normalized spacial score (nSPS) is 14.7. The summed E-state index contributed by atoms with van der Waals surface area (Å²) in [6.45, 7) is 0. The maximum atomic E-state index is 10.6. The SMILES string of the molecule is O=C(O)[C@H](Cl)[C@@H](Cl)c1ccc(Cl)cc1Cl. The van der Waals surface area contributed by atoms with E-state index in [4.69, 9.17) is 51.5 Å². The van der Waals surface area contributed by atoms with E-state index in [1.807, 2.05) is 0 Å². The highest BCUT2D eigenvalue weighted by atomic mass is 35.5. The standard InChI is InChI=1S/C9H6Cl4O2/c10-4-1-2-5(6(11)3-4)7(12)8(13)9(14)15/h1-3,7-8H,(H,14,15)/t7-,8+/m0/s1. The van der Waals surface area contributed by atoms with Gasteiger partial charge >= 0.3 is 5.97 Å². The number of carboxylic acid groups (broad SMARTS) is 1. The van der Waals surface area contributed by atoms with E-state index >= 15 is 0 Å². The van der Waals surface area contributed by atoms with Crippen molar-refractivity contribution in [3.8, 4) is 0 Å². The average Bonchev–Trinajstić information content (AvgIpc) is 2.15. The first kappa shape index (κ1) is 12.9. The monoisotopic (exact) mass is 286 g/mol. The fraction of sp³-hybridized carbons (Fsp3) is 0.222. The third-order valence-electron chi connectivity index (χ3n) is 1.75. The predicted octanol–water partition coefficient (Wildman–Crippen LogP) is 3.97. The van der Waals surface area contributed by atoms with Crippen molar-refractivity contribution >= 4 is 52.4 Å². The molecule has 2 nitrogen and oxygen atoms in total. The van der Waals surface area contributed by atoms with Gasteiger partial charge < -0.3 is 5.11 Å². The van der Waals surface area contributed by atoms with Crippen LogP contribution in [0.3, 0.4) is 0 Å². The third kappa shape index (κ3) is 3.15. The molecule has 0 unspecified atom stereocenters. The highest BCUT2D eigenvalue weighted by Crippen LogP contribution is 2.34. The lowest BCUT2D eigenvalue weighted by molar-refractivity contribution is -0.136. The zero-order valence-electron chi connectivity index (χ0n) is 7.25. The van der Waals surface area contributed by atoms with Gasteiger partial charge in [-0.2, -0.15) is 0 Å². The Morgan fingerprint density at radius 3 is 2.33 bits per heavy atom. The van der Waals surface area contributed by atoms with Crippen molar-refractivity contribution in [3.05, 3.63) is 33.8 Å². The molecule has 0 aliphatic heterocycles. The molecule has 0 heterocycles. The maximum absolute atomic E-state index is 10.6. The molecule has 15 heavy (non-hydrogen) atoms. The second-order valence-corrected chi connectivity index (χ2v) is 4.59. The fourth-order valence-electron chi connectivity index (χ4n) is 1.01. The van der Waals surface area contributed by atoms with E-state index in [1.165, 1.54) is 6.07 Å². The van der Waals surface area contributed by atoms with Gasteiger partial charge in [0.1, 0.15) is 0 Å². The summed E-state index contributed by atoms with van der Waals surface area (Å²) in [5.74, 6) is -1.19. The summed E-state index contributed by atoms with van der Waals surface area (Å²) in [7, 11) is 0. The predicted molar refractivity (Wildman–Crippen MR) is 62.3 cm³/mol. The Morgan fingerprint density at radius 2 is 1.87 bits per heavy atom. The van der Waals surface area contributed by atoms with Gasteiger partial charge in [0.2, 0.25) is 0 Å². The summed E-state index contributed by atoms with van der Waals surface area (Å²) in [6, 6.07) is 4.61.